The number of esters is 1. The first-order valence-electron chi connectivity index (χ1n) is 6.66. The zero-order valence-electron chi connectivity index (χ0n) is 12.4. The van der Waals surface area contributed by atoms with Crippen LogP contribution in [0.1, 0.15) is 20.8 Å². The Labute approximate surface area is 119 Å². The van der Waals surface area contributed by atoms with Crippen molar-refractivity contribution in [1.29, 1.82) is 0 Å². The van der Waals surface area contributed by atoms with Crippen LogP contribution in [0.15, 0.2) is 24.3 Å². The van der Waals surface area contributed by atoms with Gasteiger partial charge in [0, 0.05) is 12.8 Å². The molecule has 0 spiro atoms. The van der Waals surface area contributed by atoms with Gasteiger partial charge in [-0.2, -0.15) is 0 Å². The van der Waals surface area contributed by atoms with Crippen LogP contribution in [0.3, 0.4) is 0 Å². The van der Waals surface area contributed by atoms with Gasteiger partial charge in [-0.15, -0.1) is 0 Å². The van der Waals surface area contributed by atoms with Gasteiger partial charge >= 0.3 is 5.97 Å². The molecule has 1 rings (SSSR count). The topological polar surface area (TPSA) is 47.6 Å². The number of halogens is 1. The number of methoxy groups -OCH3 is 1. The first-order valence-corrected chi connectivity index (χ1v) is 6.66. The molecule has 0 saturated carbocycles. The van der Waals surface area contributed by atoms with E-state index in [4.69, 9.17) is 9.47 Å². The Morgan fingerprint density at radius 3 is 2.65 bits per heavy atom. The standard InChI is InChI=1S/C15H22FNO3/c1-5-20-14(18)15(10-19-4,11(2)3)17-13-8-6-7-12(16)9-13/h6-9,11,17H,5,10H2,1-4H3. The van der Waals surface area contributed by atoms with Crippen LogP contribution in [0.2, 0.25) is 0 Å². The highest BCUT2D eigenvalue weighted by Crippen LogP contribution is 2.26. The number of anilines is 1. The highest BCUT2D eigenvalue weighted by molar-refractivity contribution is 5.85. The van der Waals surface area contributed by atoms with E-state index in [0.717, 1.165) is 0 Å². The van der Waals surface area contributed by atoms with Gasteiger partial charge in [-0.3, -0.25) is 0 Å². The predicted octanol–water partition coefficient (Wildman–Crippen LogP) is 2.84. The lowest BCUT2D eigenvalue weighted by Crippen LogP contribution is -2.55. The SMILES string of the molecule is CCOC(=O)C(COC)(Nc1cccc(F)c1)C(C)C. The molecule has 0 aliphatic rings. The van der Waals surface area contributed by atoms with Gasteiger partial charge in [0.1, 0.15) is 5.82 Å². The lowest BCUT2D eigenvalue weighted by atomic mass is 9.86. The normalized spacial score (nSPS) is 13.9. The Morgan fingerprint density at radius 1 is 1.45 bits per heavy atom. The molecular formula is C15H22FNO3. The second-order valence-corrected chi connectivity index (χ2v) is 4.91. The van der Waals surface area contributed by atoms with E-state index in [1.807, 2.05) is 13.8 Å². The van der Waals surface area contributed by atoms with Gasteiger partial charge in [0.05, 0.1) is 13.2 Å². The highest BCUT2D eigenvalue weighted by Gasteiger charge is 2.43. The molecule has 0 saturated heterocycles. The molecule has 112 valence electrons. The molecule has 0 amide bonds. The molecule has 0 aliphatic heterocycles. The minimum Gasteiger partial charge on any atom is -0.464 e. The lowest BCUT2D eigenvalue weighted by molar-refractivity contribution is -0.152. The summed E-state index contributed by atoms with van der Waals surface area (Å²) < 4.78 is 23.6. The number of nitrogens with one attached hydrogen (secondary N) is 1. The fourth-order valence-corrected chi connectivity index (χ4v) is 2.00. The molecule has 0 radical (unpaired) electrons. The van der Waals surface area contributed by atoms with Crippen molar-refractivity contribution >= 4 is 11.7 Å². The summed E-state index contributed by atoms with van der Waals surface area (Å²) in [6.07, 6.45) is 0. The zero-order chi connectivity index (χ0) is 15.2. The fourth-order valence-electron chi connectivity index (χ4n) is 2.00. The fraction of sp³-hybridized carbons (Fsp3) is 0.533. The van der Waals surface area contributed by atoms with E-state index in [9.17, 15) is 9.18 Å². The molecule has 1 aromatic carbocycles. The van der Waals surface area contributed by atoms with Gasteiger partial charge in [-0.25, -0.2) is 9.18 Å². The molecule has 4 nitrogen and oxygen atoms in total. The maximum absolute atomic E-state index is 13.3. The summed E-state index contributed by atoms with van der Waals surface area (Å²) in [7, 11) is 1.52. The highest BCUT2D eigenvalue weighted by atomic mass is 19.1. The molecule has 1 N–H and O–H groups in total. The Bertz CT molecular complexity index is 450. The minimum atomic E-state index is -1.04. The first kappa shape index (κ1) is 16.4. The average Bonchev–Trinajstić information content (AvgIpc) is 2.38. The summed E-state index contributed by atoms with van der Waals surface area (Å²) in [5, 5.41) is 3.08. The van der Waals surface area contributed by atoms with E-state index in [-0.39, 0.29) is 24.9 Å². The van der Waals surface area contributed by atoms with Crippen LogP contribution in [-0.4, -0.2) is 31.8 Å². The van der Waals surface area contributed by atoms with Gasteiger partial charge in [0.25, 0.3) is 0 Å². The van der Waals surface area contributed by atoms with Gasteiger partial charge < -0.3 is 14.8 Å². The van der Waals surface area contributed by atoms with E-state index < -0.39 is 11.5 Å². The van der Waals surface area contributed by atoms with Gasteiger partial charge in [0.15, 0.2) is 5.54 Å². The summed E-state index contributed by atoms with van der Waals surface area (Å²) in [5.74, 6) is -0.861. The molecule has 0 fully saturated rings. The third-order valence-corrected chi connectivity index (χ3v) is 3.19. The van der Waals surface area contributed by atoms with Crippen molar-refractivity contribution in [3.05, 3.63) is 30.1 Å². The summed E-state index contributed by atoms with van der Waals surface area (Å²) in [4.78, 5) is 12.3. The van der Waals surface area contributed by atoms with E-state index in [2.05, 4.69) is 5.32 Å². The lowest BCUT2D eigenvalue weighted by Gasteiger charge is -2.36. The third-order valence-electron chi connectivity index (χ3n) is 3.19. The van der Waals surface area contributed by atoms with Gasteiger partial charge in [-0.1, -0.05) is 19.9 Å². The zero-order valence-corrected chi connectivity index (χ0v) is 12.4. The number of rotatable bonds is 7. The molecule has 1 aromatic rings. The molecule has 1 atom stereocenters. The van der Waals surface area contributed by atoms with Crippen LogP contribution >= 0.6 is 0 Å². The second-order valence-electron chi connectivity index (χ2n) is 4.91. The van der Waals surface area contributed by atoms with Gasteiger partial charge in [-0.05, 0) is 31.0 Å². The van der Waals surface area contributed by atoms with Crippen molar-refractivity contribution in [3.8, 4) is 0 Å². The summed E-state index contributed by atoms with van der Waals surface area (Å²) in [6, 6.07) is 5.98. The smallest absolute Gasteiger partial charge is 0.334 e. The van der Waals surface area contributed by atoms with Crippen molar-refractivity contribution < 1.29 is 18.7 Å². The van der Waals surface area contributed by atoms with E-state index in [0.29, 0.717) is 5.69 Å². The Balaban J connectivity index is 3.11. The molecule has 0 aliphatic carbocycles. The van der Waals surface area contributed by atoms with Crippen LogP contribution in [0, 0.1) is 11.7 Å². The van der Waals surface area contributed by atoms with Crippen molar-refractivity contribution in [2.45, 2.75) is 26.3 Å². The van der Waals surface area contributed by atoms with E-state index >= 15 is 0 Å². The van der Waals surface area contributed by atoms with Crippen LogP contribution in [0.25, 0.3) is 0 Å². The quantitative estimate of drug-likeness (QED) is 0.782. The van der Waals surface area contributed by atoms with Crippen LogP contribution < -0.4 is 5.32 Å². The van der Waals surface area contributed by atoms with Crippen molar-refractivity contribution in [1.82, 2.24) is 0 Å². The van der Waals surface area contributed by atoms with E-state index in [1.54, 1.807) is 19.1 Å². The number of hydrogen-bond acceptors (Lipinski definition) is 4. The average molecular weight is 283 g/mol. The Morgan fingerprint density at radius 2 is 2.15 bits per heavy atom. The van der Waals surface area contributed by atoms with E-state index in [1.165, 1.54) is 19.2 Å². The van der Waals surface area contributed by atoms with Crippen LogP contribution in [0.4, 0.5) is 10.1 Å². The van der Waals surface area contributed by atoms with Crippen LogP contribution in [-0.2, 0) is 14.3 Å². The Hall–Kier alpha value is -1.62. The van der Waals surface area contributed by atoms with Gasteiger partial charge in [0.2, 0.25) is 0 Å². The molecule has 20 heavy (non-hydrogen) atoms. The van der Waals surface area contributed by atoms with Crippen LogP contribution in [0.5, 0.6) is 0 Å². The number of hydrogen-bond donors (Lipinski definition) is 1. The van der Waals surface area contributed by atoms with Crippen molar-refractivity contribution in [3.63, 3.8) is 0 Å². The summed E-state index contributed by atoms with van der Waals surface area (Å²) >= 11 is 0. The molecular weight excluding hydrogens is 261 g/mol. The first-order chi connectivity index (χ1) is 9.46. The predicted molar refractivity (Wildman–Crippen MR) is 76.1 cm³/mol. The van der Waals surface area contributed by atoms with Crippen molar-refractivity contribution in [2.75, 3.05) is 25.6 Å². The van der Waals surface area contributed by atoms with Crippen molar-refractivity contribution in [2.24, 2.45) is 5.92 Å². The number of carbonyl (C=O) groups is 1. The summed E-state index contributed by atoms with van der Waals surface area (Å²) in [5.41, 5.74) is -0.526. The number of benzene rings is 1. The molecule has 0 heterocycles. The third kappa shape index (κ3) is 3.70. The molecule has 1 unspecified atom stereocenters. The largest absolute Gasteiger partial charge is 0.464 e. The minimum absolute atomic E-state index is 0.0928. The number of ether oxygens (including phenoxy) is 2. The molecule has 5 heteroatoms. The number of carbonyl (C=O) groups excluding carboxylic acids is 1. The monoisotopic (exact) mass is 283 g/mol. The summed E-state index contributed by atoms with van der Waals surface area (Å²) in [6.45, 7) is 5.95. The maximum Gasteiger partial charge on any atom is 0.334 e. The molecule has 0 aromatic heterocycles. The second kappa shape index (κ2) is 7.24. The maximum atomic E-state index is 13.3. The Kier molecular flexibility index (Phi) is 5.95. The molecule has 0 bridgehead atoms.